The van der Waals surface area contributed by atoms with Crippen molar-refractivity contribution < 1.29 is 13.5 Å². The zero-order chi connectivity index (χ0) is 21.3. The Kier molecular flexibility index (Phi) is 5.48. The van der Waals surface area contributed by atoms with E-state index in [4.69, 9.17) is 16.3 Å². The van der Waals surface area contributed by atoms with Crippen molar-refractivity contribution in [1.29, 1.82) is 0 Å². The minimum Gasteiger partial charge on any atom is -0.493 e. The number of halogens is 3. The molecule has 3 heterocycles. The van der Waals surface area contributed by atoms with Gasteiger partial charge in [-0.3, -0.25) is 0 Å². The van der Waals surface area contributed by atoms with Crippen molar-refractivity contribution >= 4 is 23.2 Å². The summed E-state index contributed by atoms with van der Waals surface area (Å²) in [6.07, 6.45) is 1.97. The molecular weight excluding hydrogens is 418 g/mol. The van der Waals surface area contributed by atoms with Crippen molar-refractivity contribution in [3.8, 4) is 16.9 Å². The molecule has 1 aliphatic heterocycles. The van der Waals surface area contributed by atoms with Gasteiger partial charge in [-0.2, -0.15) is 29.8 Å². The highest BCUT2D eigenvalue weighted by atomic mass is 35.5. The third kappa shape index (κ3) is 4.03. The van der Waals surface area contributed by atoms with Gasteiger partial charge in [-0.15, -0.1) is 0 Å². The van der Waals surface area contributed by atoms with E-state index in [2.05, 4.69) is 35.9 Å². The van der Waals surface area contributed by atoms with Crippen LogP contribution in [0.3, 0.4) is 0 Å². The highest BCUT2D eigenvalue weighted by Gasteiger charge is 2.34. The second kappa shape index (κ2) is 8.07. The zero-order valence-corrected chi connectivity index (χ0v) is 17.0. The number of anilines is 1. The molecule has 0 unspecified atom stereocenters. The number of hydrogen-bond donors (Lipinski definition) is 2. The molecule has 3 aromatic rings. The Morgan fingerprint density at radius 3 is 2.60 bits per heavy atom. The monoisotopic (exact) mass is 436 g/mol. The van der Waals surface area contributed by atoms with Crippen LogP contribution in [-0.2, 0) is 0 Å². The molecule has 0 aliphatic carbocycles. The summed E-state index contributed by atoms with van der Waals surface area (Å²) in [6.45, 7) is 3.15. The second-order valence-electron chi connectivity index (χ2n) is 6.94. The SMILES string of the molecule is CNCCCOc1cc(F)c(-c2c(Cl)nc3ncnn3c2NCC2(C)N=N2)c(F)c1. The van der Waals surface area contributed by atoms with E-state index >= 15 is 8.78 Å². The maximum Gasteiger partial charge on any atom is 0.255 e. The van der Waals surface area contributed by atoms with Gasteiger partial charge in [-0.05, 0) is 26.9 Å². The summed E-state index contributed by atoms with van der Waals surface area (Å²) < 4.78 is 36.8. The molecule has 30 heavy (non-hydrogen) atoms. The van der Waals surface area contributed by atoms with E-state index < -0.39 is 17.3 Å². The van der Waals surface area contributed by atoms with Gasteiger partial charge < -0.3 is 15.4 Å². The molecule has 0 radical (unpaired) electrons. The lowest BCUT2D eigenvalue weighted by Gasteiger charge is -2.17. The molecule has 0 fully saturated rings. The van der Waals surface area contributed by atoms with Crippen LogP contribution in [0.25, 0.3) is 16.9 Å². The Labute approximate surface area is 175 Å². The van der Waals surface area contributed by atoms with Crippen molar-refractivity contribution in [2.24, 2.45) is 10.2 Å². The van der Waals surface area contributed by atoms with Crippen LogP contribution < -0.4 is 15.4 Å². The standard InChI is InChI=1S/C18H19ClF2N8O/c1-18(27-28-18)8-23-16-14(15(19)26-17-24-9-25-29(16)17)13-11(20)6-10(7-12(13)21)30-5-3-4-22-2/h6-7,9,22-23H,3-5,8H2,1-2H3. The van der Waals surface area contributed by atoms with Gasteiger partial charge in [0.25, 0.3) is 5.78 Å². The predicted octanol–water partition coefficient (Wildman–Crippen LogP) is 3.31. The first-order valence-electron chi connectivity index (χ1n) is 9.26. The summed E-state index contributed by atoms with van der Waals surface area (Å²) in [5.41, 5.74) is -0.928. The van der Waals surface area contributed by atoms with Crippen LogP contribution >= 0.6 is 11.6 Å². The molecule has 2 aromatic heterocycles. The number of ether oxygens (including phenoxy) is 1. The molecule has 0 saturated carbocycles. The molecule has 158 valence electrons. The van der Waals surface area contributed by atoms with Gasteiger partial charge in [0.1, 0.15) is 34.7 Å². The molecule has 0 saturated heterocycles. The van der Waals surface area contributed by atoms with E-state index in [1.165, 1.54) is 10.8 Å². The Morgan fingerprint density at radius 1 is 1.20 bits per heavy atom. The molecular formula is C18H19ClF2N8O. The van der Waals surface area contributed by atoms with Crippen molar-refractivity contribution in [2.45, 2.75) is 19.0 Å². The fraction of sp³-hybridized carbons (Fsp3) is 0.389. The van der Waals surface area contributed by atoms with Crippen molar-refractivity contribution in [3.05, 3.63) is 35.2 Å². The van der Waals surface area contributed by atoms with E-state index in [1.807, 2.05) is 14.0 Å². The highest BCUT2D eigenvalue weighted by Crippen LogP contribution is 2.39. The molecule has 12 heteroatoms. The summed E-state index contributed by atoms with van der Waals surface area (Å²) in [7, 11) is 1.81. The number of hydrogen-bond acceptors (Lipinski definition) is 8. The van der Waals surface area contributed by atoms with Gasteiger partial charge in [0.05, 0.1) is 24.3 Å². The highest BCUT2D eigenvalue weighted by molar-refractivity contribution is 6.33. The molecule has 1 aromatic carbocycles. The average Bonchev–Trinajstić information content (AvgIpc) is 3.25. The van der Waals surface area contributed by atoms with Gasteiger partial charge in [-0.1, -0.05) is 11.6 Å². The molecule has 2 N–H and O–H groups in total. The number of rotatable bonds is 9. The lowest BCUT2D eigenvalue weighted by molar-refractivity contribution is 0.306. The van der Waals surface area contributed by atoms with Crippen LogP contribution in [0.5, 0.6) is 5.75 Å². The molecule has 9 nitrogen and oxygen atoms in total. The number of nitrogens with zero attached hydrogens (tertiary/aromatic N) is 6. The van der Waals surface area contributed by atoms with Crippen LogP contribution in [0.15, 0.2) is 28.7 Å². The first-order valence-corrected chi connectivity index (χ1v) is 9.63. The fourth-order valence-electron chi connectivity index (χ4n) is 2.92. The predicted molar refractivity (Wildman–Crippen MR) is 107 cm³/mol. The Balaban J connectivity index is 1.73. The average molecular weight is 437 g/mol. The van der Waals surface area contributed by atoms with Gasteiger partial charge in [0.2, 0.25) is 5.66 Å². The number of nitrogens with one attached hydrogen (secondary N) is 2. The second-order valence-corrected chi connectivity index (χ2v) is 7.29. The van der Waals surface area contributed by atoms with Crippen molar-refractivity contribution in [2.75, 3.05) is 32.1 Å². The number of benzene rings is 1. The van der Waals surface area contributed by atoms with Gasteiger partial charge >= 0.3 is 0 Å². The van der Waals surface area contributed by atoms with E-state index in [0.717, 1.165) is 18.7 Å². The maximum absolute atomic E-state index is 15.0. The molecule has 0 amide bonds. The summed E-state index contributed by atoms with van der Waals surface area (Å²) >= 11 is 6.32. The smallest absolute Gasteiger partial charge is 0.255 e. The van der Waals surface area contributed by atoms with Crippen molar-refractivity contribution in [3.63, 3.8) is 0 Å². The maximum atomic E-state index is 15.0. The molecule has 1 aliphatic rings. The van der Waals surface area contributed by atoms with Crippen LogP contribution in [0, 0.1) is 11.6 Å². The van der Waals surface area contributed by atoms with Gasteiger partial charge in [-0.25, -0.2) is 8.78 Å². The molecule has 0 spiro atoms. The van der Waals surface area contributed by atoms with Gasteiger partial charge in [0, 0.05) is 12.1 Å². The van der Waals surface area contributed by atoms with Crippen LogP contribution in [0.4, 0.5) is 14.6 Å². The van der Waals surface area contributed by atoms with Crippen LogP contribution in [-0.4, -0.2) is 52.0 Å². The third-order valence-electron chi connectivity index (χ3n) is 4.52. The molecule has 4 rings (SSSR count). The molecule has 0 bridgehead atoms. The zero-order valence-electron chi connectivity index (χ0n) is 16.3. The summed E-state index contributed by atoms with van der Waals surface area (Å²) in [4.78, 5) is 8.10. The Morgan fingerprint density at radius 2 is 1.93 bits per heavy atom. The number of aromatic nitrogens is 4. The van der Waals surface area contributed by atoms with Crippen LogP contribution in [0.2, 0.25) is 5.15 Å². The van der Waals surface area contributed by atoms with E-state index in [9.17, 15) is 0 Å². The minimum atomic E-state index is -0.836. The normalized spacial score (nSPS) is 14.3. The number of fused-ring (bicyclic) bond motifs is 1. The van der Waals surface area contributed by atoms with E-state index in [0.29, 0.717) is 13.0 Å². The largest absolute Gasteiger partial charge is 0.493 e. The Bertz CT molecular complexity index is 1090. The first kappa shape index (κ1) is 20.4. The third-order valence-corrected chi connectivity index (χ3v) is 4.79. The summed E-state index contributed by atoms with van der Waals surface area (Å²) in [5.74, 6) is -1.16. The summed E-state index contributed by atoms with van der Waals surface area (Å²) in [5, 5.41) is 17.9. The van der Waals surface area contributed by atoms with E-state index in [-0.39, 0.29) is 40.2 Å². The Hall–Kier alpha value is -2.92. The van der Waals surface area contributed by atoms with E-state index in [1.54, 1.807) is 0 Å². The van der Waals surface area contributed by atoms with Crippen LogP contribution in [0.1, 0.15) is 13.3 Å². The minimum absolute atomic E-state index is 0.0237. The first-order chi connectivity index (χ1) is 14.4. The lowest BCUT2D eigenvalue weighted by atomic mass is 10.1. The lowest BCUT2D eigenvalue weighted by Crippen LogP contribution is -2.21. The topological polar surface area (TPSA) is 101 Å². The molecule has 0 atom stereocenters. The fourth-order valence-corrected chi connectivity index (χ4v) is 3.18. The summed E-state index contributed by atoms with van der Waals surface area (Å²) in [6, 6.07) is 2.24. The van der Waals surface area contributed by atoms with Gasteiger partial charge in [0.15, 0.2) is 0 Å². The quantitative estimate of drug-likeness (QED) is 0.394. The van der Waals surface area contributed by atoms with Crippen molar-refractivity contribution in [1.82, 2.24) is 24.9 Å².